The van der Waals surface area contributed by atoms with Gasteiger partial charge in [0.25, 0.3) is 5.91 Å². The van der Waals surface area contributed by atoms with Gasteiger partial charge in [-0.15, -0.1) is 0 Å². The predicted molar refractivity (Wildman–Crippen MR) is 124 cm³/mol. The zero-order chi connectivity index (χ0) is 20.4. The average Bonchev–Trinajstić information content (AvgIpc) is 2.73. The van der Waals surface area contributed by atoms with E-state index in [9.17, 15) is 4.79 Å². The second-order valence-corrected chi connectivity index (χ2v) is 13.8. The van der Waals surface area contributed by atoms with Gasteiger partial charge in [0.1, 0.15) is 8.07 Å². The Morgan fingerprint density at radius 3 is 2.31 bits per heavy atom. The summed E-state index contributed by atoms with van der Waals surface area (Å²) < 4.78 is 0. The van der Waals surface area contributed by atoms with E-state index in [2.05, 4.69) is 71.1 Å². The summed E-state index contributed by atoms with van der Waals surface area (Å²) in [7, 11) is -1.57. The Kier molecular flexibility index (Phi) is 5.79. The summed E-state index contributed by atoms with van der Waals surface area (Å²) in [5, 5.41) is 1.33. The molecule has 154 valence electrons. The van der Waals surface area contributed by atoms with E-state index in [1.807, 2.05) is 12.1 Å². The minimum Gasteiger partial charge on any atom is -0.369 e. The lowest BCUT2D eigenvalue weighted by Crippen LogP contribution is -2.60. The van der Waals surface area contributed by atoms with Crippen LogP contribution in [0.15, 0.2) is 48.5 Å². The van der Waals surface area contributed by atoms with Crippen molar-refractivity contribution in [2.45, 2.75) is 26.4 Å². The molecule has 0 unspecified atom stereocenters. The molecule has 0 aliphatic carbocycles. The van der Waals surface area contributed by atoms with Crippen molar-refractivity contribution in [3.8, 4) is 0 Å². The van der Waals surface area contributed by atoms with Gasteiger partial charge in [-0.1, -0.05) is 49.0 Å². The fraction of sp³-hybridized carbons (Fsp3) is 0.458. The molecule has 5 heteroatoms. The van der Waals surface area contributed by atoms with Crippen LogP contribution in [0.3, 0.4) is 0 Å². The van der Waals surface area contributed by atoms with Crippen LogP contribution in [-0.4, -0.2) is 69.2 Å². The molecule has 0 bridgehead atoms. The SMILES string of the molecule is Cc1ccc(N2CCN(CCCN3C[Si](C)(C)c4ccccc4C3=O)CC2)cc1. The normalized spacial score (nSPS) is 19.3. The molecule has 4 rings (SSSR count). The molecule has 1 fully saturated rings. The van der Waals surface area contributed by atoms with Gasteiger partial charge >= 0.3 is 0 Å². The number of hydrogen-bond acceptors (Lipinski definition) is 3. The topological polar surface area (TPSA) is 26.8 Å². The third-order valence-electron chi connectivity index (χ3n) is 6.43. The number of benzene rings is 2. The Labute approximate surface area is 176 Å². The maximum Gasteiger partial charge on any atom is 0.253 e. The number of rotatable bonds is 5. The van der Waals surface area contributed by atoms with E-state index in [1.165, 1.54) is 16.4 Å². The highest BCUT2D eigenvalue weighted by atomic mass is 28.3. The molecule has 4 nitrogen and oxygen atoms in total. The van der Waals surface area contributed by atoms with Gasteiger partial charge in [0.15, 0.2) is 0 Å². The quantitative estimate of drug-likeness (QED) is 0.713. The molecule has 2 aromatic carbocycles. The van der Waals surface area contributed by atoms with Crippen molar-refractivity contribution in [3.63, 3.8) is 0 Å². The average molecular weight is 408 g/mol. The summed E-state index contributed by atoms with van der Waals surface area (Å²) in [5.41, 5.74) is 3.59. The fourth-order valence-electron chi connectivity index (χ4n) is 4.72. The molecule has 0 atom stereocenters. The Balaban J connectivity index is 1.27. The van der Waals surface area contributed by atoms with E-state index >= 15 is 0 Å². The van der Waals surface area contributed by atoms with Crippen molar-refractivity contribution < 1.29 is 4.79 Å². The minimum atomic E-state index is -1.57. The van der Waals surface area contributed by atoms with Crippen LogP contribution in [0, 0.1) is 6.92 Å². The molecular weight excluding hydrogens is 374 g/mol. The molecule has 29 heavy (non-hydrogen) atoms. The van der Waals surface area contributed by atoms with Crippen molar-refractivity contribution in [2.75, 3.05) is 50.3 Å². The van der Waals surface area contributed by atoms with Gasteiger partial charge in [-0.05, 0) is 43.3 Å². The minimum absolute atomic E-state index is 0.233. The Hall–Kier alpha value is -2.11. The maximum atomic E-state index is 12.9. The fourth-order valence-corrected chi connectivity index (χ4v) is 7.61. The molecule has 0 saturated carbocycles. The number of aryl methyl sites for hydroxylation is 1. The summed E-state index contributed by atoms with van der Waals surface area (Å²) in [6, 6.07) is 17.1. The van der Waals surface area contributed by atoms with Crippen LogP contribution >= 0.6 is 0 Å². The lowest BCUT2D eigenvalue weighted by molar-refractivity contribution is 0.0769. The van der Waals surface area contributed by atoms with Crippen LogP contribution in [0.4, 0.5) is 5.69 Å². The van der Waals surface area contributed by atoms with E-state index in [0.717, 1.165) is 57.4 Å². The first kappa shape index (κ1) is 20.2. The van der Waals surface area contributed by atoms with Crippen molar-refractivity contribution in [2.24, 2.45) is 0 Å². The number of carbonyl (C=O) groups is 1. The molecule has 2 heterocycles. The molecule has 1 amide bonds. The number of nitrogens with zero attached hydrogens (tertiary/aromatic N) is 3. The van der Waals surface area contributed by atoms with E-state index in [-0.39, 0.29) is 5.91 Å². The zero-order valence-electron chi connectivity index (χ0n) is 18.0. The molecule has 0 spiro atoms. The highest BCUT2D eigenvalue weighted by Crippen LogP contribution is 2.20. The molecule has 0 radical (unpaired) electrons. The highest BCUT2D eigenvalue weighted by molar-refractivity contribution is 6.91. The van der Waals surface area contributed by atoms with Crippen LogP contribution in [0.2, 0.25) is 13.1 Å². The van der Waals surface area contributed by atoms with Crippen LogP contribution in [-0.2, 0) is 0 Å². The number of amides is 1. The third kappa shape index (κ3) is 4.41. The number of hydrogen-bond donors (Lipinski definition) is 0. The lowest BCUT2D eigenvalue weighted by atomic mass is 10.2. The number of anilines is 1. The molecule has 2 aromatic rings. The van der Waals surface area contributed by atoms with E-state index < -0.39 is 8.07 Å². The van der Waals surface area contributed by atoms with Crippen LogP contribution in [0.25, 0.3) is 0 Å². The number of piperazine rings is 1. The van der Waals surface area contributed by atoms with Crippen LogP contribution in [0.1, 0.15) is 22.3 Å². The van der Waals surface area contributed by atoms with Crippen molar-refractivity contribution in [3.05, 3.63) is 59.7 Å². The highest BCUT2D eigenvalue weighted by Gasteiger charge is 2.37. The third-order valence-corrected chi connectivity index (χ3v) is 9.50. The predicted octanol–water partition coefficient (Wildman–Crippen LogP) is 3.12. The second kappa shape index (κ2) is 8.32. The van der Waals surface area contributed by atoms with Gasteiger partial charge in [-0.3, -0.25) is 9.69 Å². The zero-order valence-corrected chi connectivity index (χ0v) is 19.0. The standard InChI is InChI=1S/C24H33N3OSi/c1-20-9-11-21(12-10-20)26-17-15-25(16-18-26)13-6-14-27-19-29(2,3)23-8-5-4-7-22(23)24(27)28/h4-5,7-12H,6,13-19H2,1-3H3. The van der Waals surface area contributed by atoms with Crippen LogP contribution < -0.4 is 10.1 Å². The summed E-state index contributed by atoms with van der Waals surface area (Å²) in [6.45, 7) is 13.2. The monoisotopic (exact) mass is 407 g/mol. The van der Waals surface area contributed by atoms with Crippen LogP contribution in [0.5, 0.6) is 0 Å². The van der Waals surface area contributed by atoms with Gasteiger partial charge in [-0.2, -0.15) is 0 Å². The number of carbonyl (C=O) groups excluding carboxylic acids is 1. The van der Waals surface area contributed by atoms with E-state index in [4.69, 9.17) is 0 Å². The van der Waals surface area contributed by atoms with E-state index in [1.54, 1.807) is 0 Å². The summed E-state index contributed by atoms with van der Waals surface area (Å²) >= 11 is 0. The first-order chi connectivity index (χ1) is 13.9. The van der Waals surface area contributed by atoms with Gasteiger partial charge in [0.2, 0.25) is 0 Å². The lowest BCUT2D eigenvalue weighted by Gasteiger charge is -2.39. The molecule has 2 aliphatic rings. The van der Waals surface area contributed by atoms with Crippen molar-refractivity contribution in [1.82, 2.24) is 9.80 Å². The first-order valence-corrected chi connectivity index (χ1v) is 14.1. The van der Waals surface area contributed by atoms with E-state index in [0.29, 0.717) is 0 Å². The maximum absolute atomic E-state index is 12.9. The Bertz CT molecular complexity index is 857. The molecule has 0 N–H and O–H groups in total. The largest absolute Gasteiger partial charge is 0.369 e. The molecule has 2 aliphatic heterocycles. The Morgan fingerprint density at radius 2 is 1.59 bits per heavy atom. The van der Waals surface area contributed by atoms with Crippen molar-refractivity contribution >= 4 is 24.9 Å². The molecule has 0 aromatic heterocycles. The molecular formula is C24H33N3OSi. The van der Waals surface area contributed by atoms with Gasteiger partial charge in [0, 0.05) is 50.1 Å². The van der Waals surface area contributed by atoms with Crippen molar-refractivity contribution in [1.29, 1.82) is 0 Å². The summed E-state index contributed by atoms with van der Waals surface area (Å²) in [4.78, 5) is 20.1. The summed E-state index contributed by atoms with van der Waals surface area (Å²) in [5.74, 6) is 0.233. The molecule has 1 saturated heterocycles. The smallest absolute Gasteiger partial charge is 0.253 e. The second-order valence-electron chi connectivity index (χ2n) is 9.17. The van der Waals surface area contributed by atoms with Gasteiger partial charge in [-0.25, -0.2) is 0 Å². The first-order valence-electron chi connectivity index (χ1n) is 10.9. The van der Waals surface area contributed by atoms with Gasteiger partial charge < -0.3 is 9.80 Å². The summed E-state index contributed by atoms with van der Waals surface area (Å²) in [6.07, 6.45) is 2.01. The number of fused-ring (bicyclic) bond motifs is 1. The Morgan fingerprint density at radius 1 is 0.897 bits per heavy atom. The van der Waals surface area contributed by atoms with Gasteiger partial charge in [0.05, 0.1) is 0 Å².